The standard InChI is InChI=1S/C14H19NO5/c1-17-8-11-2-3-12(20-11)13(16)15-5-7-19-14(9-15)4-6-18-10-14/h2-3H,4-10H2,1H3. The molecule has 1 atom stereocenters. The first-order chi connectivity index (χ1) is 9.72. The van der Waals surface area contributed by atoms with Crippen molar-refractivity contribution in [3.8, 4) is 0 Å². The van der Waals surface area contributed by atoms with Crippen molar-refractivity contribution >= 4 is 5.91 Å². The summed E-state index contributed by atoms with van der Waals surface area (Å²) in [5.74, 6) is 0.915. The molecule has 0 bridgehead atoms. The van der Waals surface area contributed by atoms with E-state index in [-0.39, 0.29) is 11.5 Å². The predicted molar refractivity (Wildman–Crippen MR) is 69.4 cm³/mol. The van der Waals surface area contributed by atoms with Crippen LogP contribution in [0.15, 0.2) is 16.5 Å². The average molecular weight is 281 g/mol. The maximum atomic E-state index is 12.5. The van der Waals surface area contributed by atoms with Crippen LogP contribution in [0.25, 0.3) is 0 Å². The number of furan rings is 1. The first kappa shape index (κ1) is 13.6. The molecule has 6 nitrogen and oxygen atoms in total. The van der Waals surface area contributed by atoms with E-state index in [1.165, 1.54) is 0 Å². The third-order valence-electron chi connectivity index (χ3n) is 3.76. The number of hydrogen-bond acceptors (Lipinski definition) is 5. The number of morpholine rings is 1. The molecule has 1 aromatic heterocycles. The molecule has 2 aliphatic heterocycles. The fraction of sp³-hybridized carbons (Fsp3) is 0.643. The fourth-order valence-electron chi connectivity index (χ4n) is 2.71. The fourth-order valence-corrected chi connectivity index (χ4v) is 2.71. The predicted octanol–water partition coefficient (Wildman–Crippen LogP) is 1.06. The van der Waals surface area contributed by atoms with Gasteiger partial charge < -0.3 is 23.5 Å². The van der Waals surface area contributed by atoms with Crippen molar-refractivity contribution in [1.29, 1.82) is 0 Å². The van der Waals surface area contributed by atoms with Crippen LogP contribution in [0.1, 0.15) is 22.7 Å². The van der Waals surface area contributed by atoms with Crippen LogP contribution in [0.3, 0.4) is 0 Å². The first-order valence-corrected chi connectivity index (χ1v) is 6.81. The number of nitrogens with zero attached hydrogens (tertiary/aromatic N) is 1. The number of hydrogen-bond donors (Lipinski definition) is 0. The Morgan fingerprint density at radius 1 is 1.45 bits per heavy atom. The van der Waals surface area contributed by atoms with Gasteiger partial charge in [0.15, 0.2) is 5.76 Å². The molecule has 2 aliphatic rings. The smallest absolute Gasteiger partial charge is 0.289 e. The van der Waals surface area contributed by atoms with Gasteiger partial charge in [-0.25, -0.2) is 0 Å². The maximum Gasteiger partial charge on any atom is 0.289 e. The maximum absolute atomic E-state index is 12.5. The van der Waals surface area contributed by atoms with E-state index in [9.17, 15) is 4.79 Å². The summed E-state index contributed by atoms with van der Waals surface area (Å²) in [6, 6.07) is 3.47. The highest BCUT2D eigenvalue weighted by Crippen LogP contribution is 2.28. The summed E-state index contributed by atoms with van der Waals surface area (Å²) >= 11 is 0. The van der Waals surface area contributed by atoms with Crippen LogP contribution in [0, 0.1) is 0 Å². The second-order valence-corrected chi connectivity index (χ2v) is 5.26. The minimum Gasteiger partial charge on any atom is -0.453 e. The van der Waals surface area contributed by atoms with E-state index in [1.807, 2.05) is 0 Å². The molecule has 1 amide bonds. The van der Waals surface area contributed by atoms with Crippen molar-refractivity contribution in [3.63, 3.8) is 0 Å². The highest BCUT2D eigenvalue weighted by molar-refractivity contribution is 5.91. The Morgan fingerprint density at radius 2 is 2.35 bits per heavy atom. The molecule has 2 fully saturated rings. The Labute approximate surface area is 117 Å². The third kappa shape index (κ3) is 2.59. The lowest BCUT2D eigenvalue weighted by atomic mass is 10.0. The van der Waals surface area contributed by atoms with Crippen LogP contribution in [0.4, 0.5) is 0 Å². The molecular formula is C14H19NO5. The van der Waals surface area contributed by atoms with Crippen molar-refractivity contribution in [1.82, 2.24) is 4.90 Å². The van der Waals surface area contributed by atoms with Crippen LogP contribution in [0.5, 0.6) is 0 Å². The number of carbonyl (C=O) groups excluding carboxylic acids is 1. The summed E-state index contributed by atoms with van der Waals surface area (Å²) in [6.07, 6.45) is 0.837. The molecule has 6 heteroatoms. The summed E-state index contributed by atoms with van der Waals surface area (Å²) in [7, 11) is 1.59. The van der Waals surface area contributed by atoms with Crippen LogP contribution in [-0.4, -0.2) is 56.4 Å². The quantitative estimate of drug-likeness (QED) is 0.829. The summed E-state index contributed by atoms with van der Waals surface area (Å²) in [5.41, 5.74) is -0.324. The van der Waals surface area contributed by atoms with Crippen molar-refractivity contribution in [2.75, 3.05) is 40.0 Å². The summed E-state index contributed by atoms with van der Waals surface area (Å²) in [4.78, 5) is 14.2. The van der Waals surface area contributed by atoms with Gasteiger partial charge in [-0.3, -0.25) is 4.79 Å². The lowest BCUT2D eigenvalue weighted by Crippen LogP contribution is -2.54. The Kier molecular flexibility index (Phi) is 3.78. The molecule has 2 saturated heterocycles. The van der Waals surface area contributed by atoms with Gasteiger partial charge in [0.05, 0.1) is 19.8 Å². The zero-order valence-electron chi connectivity index (χ0n) is 11.6. The molecule has 1 aromatic rings. The Balaban J connectivity index is 1.69. The molecule has 1 spiro atoms. The zero-order valence-corrected chi connectivity index (χ0v) is 11.6. The molecular weight excluding hydrogens is 262 g/mol. The zero-order chi connectivity index (χ0) is 14.0. The average Bonchev–Trinajstić information content (AvgIpc) is 3.09. The lowest BCUT2D eigenvalue weighted by Gasteiger charge is -2.39. The van der Waals surface area contributed by atoms with Crippen molar-refractivity contribution < 1.29 is 23.4 Å². The van der Waals surface area contributed by atoms with Crippen molar-refractivity contribution in [2.45, 2.75) is 18.6 Å². The molecule has 1 unspecified atom stereocenters. The normalized spacial score (nSPS) is 26.4. The van der Waals surface area contributed by atoms with E-state index in [1.54, 1.807) is 24.1 Å². The van der Waals surface area contributed by atoms with Gasteiger partial charge in [0.1, 0.15) is 18.0 Å². The number of carbonyl (C=O) groups is 1. The van der Waals surface area contributed by atoms with Gasteiger partial charge in [0.2, 0.25) is 0 Å². The largest absolute Gasteiger partial charge is 0.453 e. The first-order valence-electron chi connectivity index (χ1n) is 6.81. The van der Waals surface area contributed by atoms with E-state index < -0.39 is 0 Å². The van der Waals surface area contributed by atoms with E-state index >= 15 is 0 Å². The summed E-state index contributed by atoms with van der Waals surface area (Å²) < 4.78 is 21.7. The molecule has 3 heterocycles. The van der Waals surface area contributed by atoms with Crippen LogP contribution < -0.4 is 0 Å². The van der Waals surface area contributed by atoms with Gasteiger partial charge in [0, 0.05) is 26.7 Å². The second-order valence-electron chi connectivity index (χ2n) is 5.26. The minimum atomic E-state index is -0.324. The molecule has 0 N–H and O–H groups in total. The van der Waals surface area contributed by atoms with Gasteiger partial charge in [-0.1, -0.05) is 0 Å². The Hall–Kier alpha value is -1.37. The van der Waals surface area contributed by atoms with Crippen LogP contribution in [0.2, 0.25) is 0 Å². The molecule has 110 valence electrons. The Morgan fingerprint density at radius 3 is 3.10 bits per heavy atom. The Bertz CT molecular complexity index is 478. The summed E-state index contributed by atoms with van der Waals surface area (Å²) in [5, 5.41) is 0. The van der Waals surface area contributed by atoms with Crippen molar-refractivity contribution in [2.24, 2.45) is 0 Å². The van der Waals surface area contributed by atoms with E-state index in [4.69, 9.17) is 18.6 Å². The van der Waals surface area contributed by atoms with Crippen LogP contribution >= 0.6 is 0 Å². The van der Waals surface area contributed by atoms with E-state index in [2.05, 4.69) is 0 Å². The van der Waals surface area contributed by atoms with Crippen LogP contribution in [-0.2, 0) is 20.8 Å². The molecule has 20 heavy (non-hydrogen) atoms. The number of ether oxygens (including phenoxy) is 3. The third-order valence-corrected chi connectivity index (χ3v) is 3.76. The van der Waals surface area contributed by atoms with Gasteiger partial charge in [-0.2, -0.15) is 0 Å². The van der Waals surface area contributed by atoms with E-state index in [0.717, 1.165) is 6.42 Å². The summed E-state index contributed by atoms with van der Waals surface area (Å²) in [6.45, 7) is 3.31. The highest BCUT2D eigenvalue weighted by Gasteiger charge is 2.42. The van der Waals surface area contributed by atoms with Crippen molar-refractivity contribution in [3.05, 3.63) is 23.7 Å². The highest BCUT2D eigenvalue weighted by atomic mass is 16.6. The second kappa shape index (κ2) is 5.55. The number of methoxy groups -OCH3 is 1. The minimum absolute atomic E-state index is 0.0954. The molecule has 0 aromatic carbocycles. The van der Waals surface area contributed by atoms with Gasteiger partial charge in [-0.05, 0) is 12.1 Å². The number of amides is 1. The van der Waals surface area contributed by atoms with Gasteiger partial charge >= 0.3 is 0 Å². The van der Waals surface area contributed by atoms with E-state index in [0.29, 0.717) is 51.0 Å². The van der Waals surface area contributed by atoms with Gasteiger partial charge in [0.25, 0.3) is 5.91 Å². The monoisotopic (exact) mass is 281 g/mol. The lowest BCUT2D eigenvalue weighted by molar-refractivity contribution is -0.0999. The number of rotatable bonds is 3. The van der Waals surface area contributed by atoms with Gasteiger partial charge in [-0.15, -0.1) is 0 Å². The molecule has 3 rings (SSSR count). The SMILES string of the molecule is COCc1ccc(C(=O)N2CCOC3(CCOC3)C2)o1. The molecule has 0 aliphatic carbocycles. The molecule has 0 radical (unpaired) electrons. The molecule has 0 saturated carbocycles. The topological polar surface area (TPSA) is 61.1 Å².